The van der Waals surface area contributed by atoms with Gasteiger partial charge in [-0.15, -0.1) is 0 Å². The second-order valence-corrected chi connectivity index (χ2v) is 3.57. The average Bonchev–Trinajstić information content (AvgIpc) is 2.77. The summed E-state index contributed by atoms with van der Waals surface area (Å²) < 4.78 is 2.03. The van der Waals surface area contributed by atoms with Crippen molar-refractivity contribution in [2.75, 3.05) is 0 Å². The smallest absolute Gasteiger partial charge is 0.137 e. The van der Waals surface area contributed by atoms with Gasteiger partial charge in [0.05, 0.1) is 6.04 Å². The van der Waals surface area contributed by atoms with Crippen molar-refractivity contribution < 1.29 is 0 Å². The highest BCUT2D eigenvalue weighted by Crippen LogP contribution is 2.41. The maximum Gasteiger partial charge on any atom is 0.137 e. The molecule has 0 aliphatic heterocycles. The van der Waals surface area contributed by atoms with Gasteiger partial charge in [0.2, 0.25) is 0 Å². The van der Waals surface area contributed by atoms with Crippen LogP contribution in [0.2, 0.25) is 0 Å². The van der Waals surface area contributed by atoms with Gasteiger partial charge in [-0.25, -0.2) is 9.67 Å². The van der Waals surface area contributed by atoms with Gasteiger partial charge in [-0.2, -0.15) is 5.10 Å². The van der Waals surface area contributed by atoms with Crippen LogP contribution in [0.15, 0.2) is 12.7 Å². The topological polar surface area (TPSA) is 30.7 Å². The molecule has 0 aromatic carbocycles. The second kappa shape index (κ2) is 3.25. The molecular weight excluding hydrogens is 150 g/mol. The largest absolute Gasteiger partial charge is 0.250 e. The summed E-state index contributed by atoms with van der Waals surface area (Å²) in [4.78, 5) is 3.99. The minimum absolute atomic E-state index is 0.623. The monoisotopic (exact) mass is 165 g/mol. The van der Waals surface area contributed by atoms with E-state index >= 15 is 0 Å². The van der Waals surface area contributed by atoms with Gasteiger partial charge >= 0.3 is 0 Å². The first kappa shape index (κ1) is 7.77. The average molecular weight is 165 g/mol. The van der Waals surface area contributed by atoms with E-state index in [1.807, 2.05) is 11.0 Å². The van der Waals surface area contributed by atoms with Gasteiger partial charge in [0, 0.05) is 0 Å². The zero-order chi connectivity index (χ0) is 8.39. The van der Waals surface area contributed by atoms with E-state index in [-0.39, 0.29) is 0 Å². The molecule has 0 N–H and O–H groups in total. The number of hydrogen-bond acceptors (Lipinski definition) is 2. The molecule has 3 heteroatoms. The summed E-state index contributed by atoms with van der Waals surface area (Å²) in [5.74, 6) is 0.881. The third kappa shape index (κ3) is 1.49. The van der Waals surface area contributed by atoms with Gasteiger partial charge in [0.15, 0.2) is 0 Å². The van der Waals surface area contributed by atoms with Crippen LogP contribution in [0, 0.1) is 5.92 Å². The molecular formula is C9H15N3. The van der Waals surface area contributed by atoms with E-state index < -0.39 is 0 Å². The highest BCUT2D eigenvalue weighted by atomic mass is 15.3. The second-order valence-electron chi connectivity index (χ2n) is 3.57. The summed E-state index contributed by atoms with van der Waals surface area (Å²) >= 11 is 0. The lowest BCUT2D eigenvalue weighted by atomic mass is 10.1. The van der Waals surface area contributed by atoms with Gasteiger partial charge in [-0.1, -0.05) is 13.3 Å². The lowest BCUT2D eigenvalue weighted by molar-refractivity contribution is 0.375. The van der Waals surface area contributed by atoms with Crippen LogP contribution in [0.4, 0.5) is 0 Å². The zero-order valence-corrected chi connectivity index (χ0v) is 7.48. The van der Waals surface area contributed by atoms with Crippen molar-refractivity contribution in [1.82, 2.24) is 14.8 Å². The summed E-state index contributed by atoms with van der Waals surface area (Å²) in [7, 11) is 0. The van der Waals surface area contributed by atoms with Crippen molar-refractivity contribution in [3.8, 4) is 0 Å². The van der Waals surface area contributed by atoms with Gasteiger partial charge in [-0.3, -0.25) is 0 Å². The van der Waals surface area contributed by atoms with Crippen LogP contribution in [0.5, 0.6) is 0 Å². The Bertz CT molecular complexity index is 226. The third-order valence-corrected chi connectivity index (χ3v) is 2.53. The zero-order valence-electron chi connectivity index (χ0n) is 7.48. The molecule has 0 amide bonds. The Labute approximate surface area is 72.8 Å². The molecule has 1 saturated carbocycles. The molecule has 3 nitrogen and oxygen atoms in total. The molecule has 0 saturated heterocycles. The van der Waals surface area contributed by atoms with Crippen molar-refractivity contribution in [3.05, 3.63) is 12.7 Å². The van der Waals surface area contributed by atoms with Gasteiger partial charge in [-0.05, 0) is 25.2 Å². The fourth-order valence-corrected chi connectivity index (χ4v) is 1.75. The molecule has 1 atom stereocenters. The molecule has 1 unspecified atom stereocenters. The fourth-order valence-electron chi connectivity index (χ4n) is 1.75. The summed E-state index contributed by atoms with van der Waals surface area (Å²) in [6, 6.07) is 0.623. The first-order chi connectivity index (χ1) is 5.92. The maximum absolute atomic E-state index is 4.20. The first-order valence-corrected chi connectivity index (χ1v) is 4.76. The quantitative estimate of drug-likeness (QED) is 0.683. The van der Waals surface area contributed by atoms with E-state index in [1.54, 1.807) is 6.33 Å². The summed E-state index contributed by atoms with van der Waals surface area (Å²) in [6.45, 7) is 2.23. The Morgan fingerprint density at radius 2 is 2.42 bits per heavy atom. The lowest BCUT2D eigenvalue weighted by Crippen LogP contribution is -2.11. The summed E-state index contributed by atoms with van der Waals surface area (Å²) in [5, 5.41) is 4.20. The first-order valence-electron chi connectivity index (χ1n) is 4.76. The molecule has 0 bridgehead atoms. The minimum atomic E-state index is 0.623. The molecule has 2 rings (SSSR count). The van der Waals surface area contributed by atoms with Crippen LogP contribution in [0.25, 0.3) is 0 Å². The van der Waals surface area contributed by atoms with E-state index in [1.165, 1.54) is 25.7 Å². The maximum atomic E-state index is 4.20. The molecule has 1 aromatic rings. The SMILES string of the molecule is CCCC(C1CC1)n1cncn1. The van der Waals surface area contributed by atoms with Crippen molar-refractivity contribution in [1.29, 1.82) is 0 Å². The number of rotatable bonds is 4. The van der Waals surface area contributed by atoms with Crippen LogP contribution in [0.3, 0.4) is 0 Å². The molecule has 12 heavy (non-hydrogen) atoms. The summed E-state index contributed by atoms with van der Waals surface area (Å²) in [5.41, 5.74) is 0. The van der Waals surface area contributed by atoms with Crippen LogP contribution in [0.1, 0.15) is 38.6 Å². The van der Waals surface area contributed by atoms with E-state index in [4.69, 9.17) is 0 Å². The number of hydrogen-bond donors (Lipinski definition) is 0. The third-order valence-electron chi connectivity index (χ3n) is 2.53. The Hall–Kier alpha value is -0.860. The van der Waals surface area contributed by atoms with E-state index in [0.29, 0.717) is 6.04 Å². The Morgan fingerprint density at radius 1 is 1.58 bits per heavy atom. The highest BCUT2D eigenvalue weighted by Gasteiger charge is 2.31. The van der Waals surface area contributed by atoms with Crippen molar-refractivity contribution in [2.45, 2.75) is 38.6 Å². The summed E-state index contributed by atoms with van der Waals surface area (Å²) in [6.07, 6.45) is 8.72. The normalized spacial score (nSPS) is 19.4. The van der Waals surface area contributed by atoms with Crippen LogP contribution in [-0.4, -0.2) is 14.8 Å². The van der Waals surface area contributed by atoms with E-state index in [0.717, 1.165) is 5.92 Å². The number of nitrogens with zero attached hydrogens (tertiary/aromatic N) is 3. The lowest BCUT2D eigenvalue weighted by Gasteiger charge is -2.14. The fraction of sp³-hybridized carbons (Fsp3) is 0.778. The predicted molar refractivity (Wildman–Crippen MR) is 46.7 cm³/mol. The Morgan fingerprint density at radius 3 is 2.92 bits per heavy atom. The van der Waals surface area contributed by atoms with Gasteiger partial charge in [0.1, 0.15) is 12.7 Å². The van der Waals surface area contributed by atoms with Gasteiger partial charge in [0.25, 0.3) is 0 Å². The van der Waals surface area contributed by atoms with E-state index in [2.05, 4.69) is 17.0 Å². The minimum Gasteiger partial charge on any atom is -0.250 e. The molecule has 0 spiro atoms. The molecule has 1 aliphatic rings. The predicted octanol–water partition coefficient (Wildman–Crippen LogP) is 2.03. The van der Waals surface area contributed by atoms with Crippen LogP contribution in [-0.2, 0) is 0 Å². The van der Waals surface area contributed by atoms with Crippen LogP contribution < -0.4 is 0 Å². The molecule has 1 aliphatic carbocycles. The molecule has 1 fully saturated rings. The van der Waals surface area contributed by atoms with Gasteiger partial charge < -0.3 is 0 Å². The van der Waals surface area contributed by atoms with Crippen molar-refractivity contribution in [3.63, 3.8) is 0 Å². The molecule has 0 radical (unpaired) electrons. The highest BCUT2D eigenvalue weighted by molar-refractivity contribution is 4.84. The van der Waals surface area contributed by atoms with Crippen LogP contribution >= 0.6 is 0 Å². The van der Waals surface area contributed by atoms with E-state index in [9.17, 15) is 0 Å². The van der Waals surface area contributed by atoms with Crippen molar-refractivity contribution >= 4 is 0 Å². The number of aromatic nitrogens is 3. The Kier molecular flexibility index (Phi) is 2.11. The molecule has 1 heterocycles. The molecule has 1 aromatic heterocycles. The van der Waals surface area contributed by atoms with Crippen molar-refractivity contribution in [2.24, 2.45) is 5.92 Å². The Balaban J connectivity index is 2.05. The molecule has 66 valence electrons. The standard InChI is InChI=1S/C9H15N3/c1-2-3-9(8-4-5-8)12-7-10-6-11-12/h6-9H,2-5H2,1H3.